The van der Waals surface area contributed by atoms with E-state index in [-0.39, 0.29) is 0 Å². The van der Waals surface area contributed by atoms with Crippen LogP contribution in [0.1, 0.15) is 23.0 Å². The molecule has 0 aliphatic heterocycles. The van der Waals surface area contributed by atoms with Crippen molar-refractivity contribution in [2.75, 3.05) is 0 Å². The van der Waals surface area contributed by atoms with Crippen LogP contribution in [-0.2, 0) is 0 Å². The van der Waals surface area contributed by atoms with Gasteiger partial charge in [-0.2, -0.15) is 4.98 Å². The highest BCUT2D eigenvalue weighted by Gasteiger charge is 2.14. The van der Waals surface area contributed by atoms with Gasteiger partial charge in [0.1, 0.15) is 17.7 Å². The third-order valence-electron chi connectivity index (χ3n) is 3.43. The van der Waals surface area contributed by atoms with E-state index in [4.69, 9.17) is 4.74 Å². The van der Waals surface area contributed by atoms with Crippen LogP contribution in [0, 0.1) is 6.92 Å². The van der Waals surface area contributed by atoms with Gasteiger partial charge in [0.2, 0.25) is 5.88 Å². The van der Waals surface area contributed by atoms with Gasteiger partial charge < -0.3 is 4.74 Å². The Kier molecular flexibility index (Phi) is 4.89. The van der Waals surface area contributed by atoms with E-state index < -0.39 is 0 Å². The van der Waals surface area contributed by atoms with E-state index in [9.17, 15) is 4.79 Å². The molecule has 6 heteroatoms. The average Bonchev–Trinajstić information content (AvgIpc) is 2.65. The molecule has 3 rings (SSSR count). The molecule has 0 fully saturated rings. The molecule has 6 nitrogen and oxygen atoms in total. The molecule has 0 saturated carbocycles. The van der Waals surface area contributed by atoms with Crippen LogP contribution in [-0.4, -0.2) is 27.5 Å². The standard InChI is InChI=1S/C19H16N4O2/c1-3-21-17-13(2)22-18(15-7-9-20-10-8-15)23-19(17)25-16-6-4-5-14(11-16)12-24/h3-12H,1-2H3. The number of aryl methyl sites for hydroxylation is 1. The summed E-state index contributed by atoms with van der Waals surface area (Å²) in [5.74, 6) is 1.37. The zero-order valence-electron chi connectivity index (χ0n) is 13.9. The highest BCUT2D eigenvalue weighted by molar-refractivity contribution is 5.75. The smallest absolute Gasteiger partial charge is 0.249 e. The average molecular weight is 332 g/mol. The van der Waals surface area contributed by atoms with Crippen LogP contribution in [0.5, 0.6) is 11.6 Å². The quantitative estimate of drug-likeness (QED) is 0.517. The second kappa shape index (κ2) is 7.44. The van der Waals surface area contributed by atoms with E-state index in [0.29, 0.717) is 34.4 Å². The van der Waals surface area contributed by atoms with Crippen LogP contribution >= 0.6 is 0 Å². The highest BCUT2D eigenvalue weighted by atomic mass is 16.5. The first-order chi connectivity index (χ1) is 12.2. The van der Waals surface area contributed by atoms with Gasteiger partial charge in [0.05, 0.1) is 5.69 Å². The molecule has 3 aromatic rings. The highest BCUT2D eigenvalue weighted by Crippen LogP contribution is 2.34. The van der Waals surface area contributed by atoms with Crippen LogP contribution in [0.3, 0.4) is 0 Å². The lowest BCUT2D eigenvalue weighted by atomic mass is 10.2. The number of aromatic nitrogens is 3. The third kappa shape index (κ3) is 3.74. The fourth-order valence-corrected chi connectivity index (χ4v) is 2.28. The van der Waals surface area contributed by atoms with Gasteiger partial charge in [0, 0.05) is 29.7 Å². The summed E-state index contributed by atoms with van der Waals surface area (Å²) in [6.45, 7) is 3.66. The molecule has 2 aromatic heterocycles. The molecule has 1 aromatic carbocycles. The van der Waals surface area contributed by atoms with E-state index >= 15 is 0 Å². The molecule has 0 N–H and O–H groups in total. The first kappa shape index (κ1) is 16.4. The zero-order valence-corrected chi connectivity index (χ0v) is 13.9. The second-order valence-corrected chi connectivity index (χ2v) is 5.20. The normalized spacial score (nSPS) is 10.8. The van der Waals surface area contributed by atoms with E-state index in [1.54, 1.807) is 42.9 Å². The van der Waals surface area contributed by atoms with Crippen molar-refractivity contribution in [3.63, 3.8) is 0 Å². The largest absolute Gasteiger partial charge is 0.437 e. The van der Waals surface area contributed by atoms with Crippen molar-refractivity contribution in [3.8, 4) is 23.0 Å². The number of aldehydes is 1. The minimum Gasteiger partial charge on any atom is -0.437 e. The van der Waals surface area contributed by atoms with Crippen LogP contribution in [0.4, 0.5) is 5.69 Å². The number of aliphatic imine (C=N–C) groups is 1. The summed E-state index contributed by atoms with van der Waals surface area (Å²) < 4.78 is 5.91. The molecular formula is C19H16N4O2. The third-order valence-corrected chi connectivity index (χ3v) is 3.43. The molecule has 2 heterocycles. The molecule has 0 unspecified atom stereocenters. The Hall–Kier alpha value is -3.41. The van der Waals surface area contributed by atoms with Crippen molar-refractivity contribution >= 4 is 18.2 Å². The Labute approximate surface area is 145 Å². The monoisotopic (exact) mass is 332 g/mol. The van der Waals surface area contributed by atoms with Crippen LogP contribution in [0.25, 0.3) is 11.4 Å². The van der Waals surface area contributed by atoms with Crippen molar-refractivity contribution < 1.29 is 9.53 Å². The Bertz CT molecular complexity index is 924. The van der Waals surface area contributed by atoms with Gasteiger partial charge >= 0.3 is 0 Å². The fraction of sp³-hybridized carbons (Fsp3) is 0.105. The molecular weight excluding hydrogens is 316 g/mol. The SMILES string of the molecule is CC=Nc1c(C)nc(-c2ccncc2)nc1Oc1cccc(C=O)c1. The summed E-state index contributed by atoms with van der Waals surface area (Å²) in [6, 6.07) is 10.5. The van der Waals surface area contributed by atoms with Crippen molar-refractivity contribution in [1.82, 2.24) is 15.0 Å². The fourth-order valence-electron chi connectivity index (χ4n) is 2.28. The summed E-state index contributed by atoms with van der Waals surface area (Å²) in [5.41, 5.74) is 2.60. The lowest BCUT2D eigenvalue weighted by Crippen LogP contribution is -1.98. The molecule has 0 aliphatic carbocycles. The van der Waals surface area contributed by atoms with Crippen molar-refractivity contribution in [1.29, 1.82) is 0 Å². The van der Waals surface area contributed by atoms with Crippen molar-refractivity contribution in [3.05, 3.63) is 60.0 Å². The van der Waals surface area contributed by atoms with Crippen LogP contribution in [0.15, 0.2) is 53.8 Å². The van der Waals surface area contributed by atoms with Crippen LogP contribution in [0.2, 0.25) is 0 Å². The van der Waals surface area contributed by atoms with Crippen molar-refractivity contribution in [2.45, 2.75) is 13.8 Å². The molecule has 0 amide bonds. The maximum absolute atomic E-state index is 11.0. The molecule has 25 heavy (non-hydrogen) atoms. The number of ether oxygens (including phenoxy) is 1. The number of carbonyl (C=O) groups excluding carboxylic acids is 1. The first-order valence-electron chi connectivity index (χ1n) is 7.72. The summed E-state index contributed by atoms with van der Waals surface area (Å²) >= 11 is 0. The second-order valence-electron chi connectivity index (χ2n) is 5.20. The van der Waals surface area contributed by atoms with Gasteiger partial charge in [0.25, 0.3) is 0 Å². The summed E-state index contributed by atoms with van der Waals surface area (Å²) in [6.07, 6.45) is 5.79. The molecule has 0 spiro atoms. The van der Waals surface area contributed by atoms with E-state index in [1.165, 1.54) is 0 Å². The number of carbonyl (C=O) groups is 1. The lowest BCUT2D eigenvalue weighted by molar-refractivity contribution is 0.112. The topological polar surface area (TPSA) is 77.3 Å². The summed E-state index contributed by atoms with van der Waals surface area (Å²) in [7, 11) is 0. The van der Waals surface area contributed by atoms with Crippen LogP contribution < -0.4 is 4.74 Å². The molecule has 0 saturated heterocycles. The Morgan fingerprint density at radius 1 is 1.12 bits per heavy atom. The number of rotatable bonds is 5. The number of benzene rings is 1. The Balaban J connectivity index is 2.08. The lowest BCUT2D eigenvalue weighted by Gasteiger charge is -2.11. The van der Waals surface area contributed by atoms with Gasteiger partial charge in [-0.15, -0.1) is 0 Å². The van der Waals surface area contributed by atoms with E-state index in [0.717, 1.165) is 11.8 Å². The van der Waals surface area contributed by atoms with Gasteiger partial charge in [-0.05, 0) is 38.1 Å². The summed E-state index contributed by atoms with van der Waals surface area (Å²) in [5, 5.41) is 0. The maximum Gasteiger partial charge on any atom is 0.249 e. The minimum atomic E-state index is 0.334. The first-order valence-corrected chi connectivity index (χ1v) is 7.72. The van der Waals surface area contributed by atoms with Gasteiger partial charge in [-0.1, -0.05) is 12.1 Å². The predicted molar refractivity (Wildman–Crippen MR) is 95.7 cm³/mol. The molecule has 0 aliphatic rings. The molecule has 124 valence electrons. The van der Waals surface area contributed by atoms with E-state index in [2.05, 4.69) is 19.9 Å². The molecule has 0 radical (unpaired) electrons. The number of nitrogens with zero attached hydrogens (tertiary/aromatic N) is 4. The summed E-state index contributed by atoms with van der Waals surface area (Å²) in [4.78, 5) is 28.3. The van der Waals surface area contributed by atoms with Gasteiger partial charge in [0.15, 0.2) is 5.82 Å². The van der Waals surface area contributed by atoms with Gasteiger partial charge in [-0.3, -0.25) is 14.8 Å². The molecule has 0 bridgehead atoms. The number of pyridine rings is 1. The predicted octanol–water partition coefficient (Wildman–Crippen LogP) is 4.17. The minimum absolute atomic E-state index is 0.334. The maximum atomic E-state index is 11.0. The number of hydrogen-bond acceptors (Lipinski definition) is 6. The van der Waals surface area contributed by atoms with E-state index in [1.807, 2.05) is 26.0 Å². The zero-order chi connectivity index (χ0) is 17.6. The molecule has 0 atom stereocenters. The number of hydrogen-bond donors (Lipinski definition) is 0. The van der Waals surface area contributed by atoms with Gasteiger partial charge in [-0.25, -0.2) is 4.98 Å². The van der Waals surface area contributed by atoms with Crippen molar-refractivity contribution in [2.24, 2.45) is 4.99 Å². The Morgan fingerprint density at radius 3 is 2.64 bits per heavy atom. The Morgan fingerprint density at radius 2 is 1.92 bits per heavy atom.